The minimum absolute atomic E-state index is 0.121. The number of carbonyl (C=O) groups excluding carboxylic acids is 1. The third-order valence-electron chi connectivity index (χ3n) is 4.21. The van der Waals surface area contributed by atoms with Crippen LogP contribution in [0.4, 0.5) is 0 Å². The lowest BCUT2D eigenvalue weighted by Gasteiger charge is -2.21. The molecule has 1 heterocycles. The Kier molecular flexibility index (Phi) is 2.73. The van der Waals surface area contributed by atoms with Crippen molar-refractivity contribution in [2.75, 3.05) is 0 Å². The number of Topliss-reactive ketones (excluding diaryl/α,β-unsaturated/α-hetero) is 1. The molecule has 1 fully saturated rings. The zero-order valence-corrected chi connectivity index (χ0v) is 11.1. The number of hydrogen-bond donors (Lipinski definition) is 0. The van der Waals surface area contributed by atoms with E-state index in [4.69, 9.17) is 0 Å². The van der Waals surface area contributed by atoms with Crippen LogP contribution in [-0.4, -0.2) is 10.4 Å². The van der Waals surface area contributed by atoms with Gasteiger partial charge in [0.2, 0.25) is 0 Å². The molecule has 1 aliphatic carbocycles. The van der Waals surface area contributed by atoms with Crippen LogP contribution in [0.5, 0.6) is 0 Å². The van der Waals surface area contributed by atoms with Crippen molar-refractivity contribution in [3.05, 3.63) is 35.5 Å². The number of benzene rings is 1. The van der Waals surface area contributed by atoms with Crippen LogP contribution in [0.25, 0.3) is 10.9 Å². The van der Waals surface area contributed by atoms with Crippen LogP contribution < -0.4 is 0 Å². The minimum atomic E-state index is 0.121. The number of nitrogens with zero attached hydrogens (tertiary/aromatic N) is 1. The van der Waals surface area contributed by atoms with Gasteiger partial charge in [0, 0.05) is 24.5 Å². The van der Waals surface area contributed by atoms with E-state index in [0.717, 1.165) is 19.3 Å². The molecule has 1 atom stereocenters. The highest BCUT2D eigenvalue weighted by Gasteiger charge is 2.26. The summed E-state index contributed by atoms with van der Waals surface area (Å²) in [5.74, 6) is 0.542. The largest absolute Gasteiger partial charge is 0.347 e. The van der Waals surface area contributed by atoms with Crippen molar-refractivity contribution in [1.29, 1.82) is 0 Å². The number of rotatable bonds is 1. The van der Waals surface area contributed by atoms with Gasteiger partial charge in [0.15, 0.2) is 0 Å². The molecule has 2 heteroatoms. The zero-order valence-electron chi connectivity index (χ0n) is 11.1. The Morgan fingerprint density at radius 1 is 1.28 bits per heavy atom. The van der Waals surface area contributed by atoms with Gasteiger partial charge in [-0.1, -0.05) is 24.6 Å². The van der Waals surface area contributed by atoms with Crippen LogP contribution in [-0.2, 0) is 11.8 Å². The Bertz CT molecular complexity index is 609. The van der Waals surface area contributed by atoms with E-state index in [-0.39, 0.29) is 5.92 Å². The number of carbonyl (C=O) groups is 1. The molecule has 0 saturated heterocycles. The average molecular weight is 241 g/mol. The fraction of sp³-hybridized carbons (Fsp3) is 0.438. The lowest BCUT2D eigenvalue weighted by Crippen LogP contribution is -2.19. The Labute approximate surface area is 108 Å². The lowest BCUT2D eigenvalue weighted by atomic mass is 9.85. The molecular formula is C16H19NO. The van der Waals surface area contributed by atoms with Crippen LogP contribution in [0.1, 0.15) is 42.9 Å². The highest BCUT2D eigenvalue weighted by atomic mass is 16.1. The second-order valence-electron chi connectivity index (χ2n) is 5.41. The van der Waals surface area contributed by atoms with E-state index in [1.54, 1.807) is 0 Å². The smallest absolute Gasteiger partial charge is 0.141 e. The second kappa shape index (κ2) is 4.27. The van der Waals surface area contributed by atoms with Gasteiger partial charge >= 0.3 is 0 Å². The van der Waals surface area contributed by atoms with Crippen molar-refractivity contribution < 1.29 is 4.79 Å². The normalized spacial score (nSPS) is 20.6. The number of aromatic nitrogens is 1. The minimum Gasteiger partial charge on any atom is -0.347 e. The van der Waals surface area contributed by atoms with Gasteiger partial charge < -0.3 is 4.57 Å². The molecule has 0 amide bonds. The first-order valence-corrected chi connectivity index (χ1v) is 6.76. The van der Waals surface area contributed by atoms with Gasteiger partial charge in [0.05, 0.1) is 11.4 Å². The van der Waals surface area contributed by atoms with Crippen molar-refractivity contribution in [3.63, 3.8) is 0 Å². The molecule has 1 unspecified atom stereocenters. The summed E-state index contributed by atoms with van der Waals surface area (Å²) in [6, 6.07) is 8.56. The van der Waals surface area contributed by atoms with Gasteiger partial charge in [-0.25, -0.2) is 0 Å². The SMILES string of the molecule is Cc1cccc2cc(C3CCCCC3=O)n(C)c12. The van der Waals surface area contributed by atoms with E-state index in [0.29, 0.717) is 5.78 Å². The lowest BCUT2D eigenvalue weighted by molar-refractivity contribution is -0.122. The molecule has 0 bridgehead atoms. The predicted molar refractivity (Wildman–Crippen MR) is 73.9 cm³/mol. The Balaban J connectivity index is 2.15. The molecule has 18 heavy (non-hydrogen) atoms. The first kappa shape index (κ1) is 11.5. The first-order chi connectivity index (χ1) is 8.68. The van der Waals surface area contributed by atoms with Crippen molar-refractivity contribution in [1.82, 2.24) is 4.57 Å². The topological polar surface area (TPSA) is 22.0 Å². The summed E-state index contributed by atoms with van der Waals surface area (Å²) in [6.07, 6.45) is 4.02. The van der Waals surface area contributed by atoms with Gasteiger partial charge in [-0.05, 0) is 31.4 Å². The molecule has 1 aromatic heterocycles. The quantitative estimate of drug-likeness (QED) is 0.746. The molecular weight excluding hydrogens is 222 g/mol. The van der Waals surface area contributed by atoms with Crippen LogP contribution in [0, 0.1) is 6.92 Å². The molecule has 0 spiro atoms. The third kappa shape index (κ3) is 1.67. The van der Waals surface area contributed by atoms with E-state index in [1.807, 2.05) is 0 Å². The molecule has 2 nitrogen and oxygen atoms in total. The molecule has 2 aromatic rings. The summed E-state index contributed by atoms with van der Waals surface area (Å²) in [5.41, 5.74) is 3.75. The molecule has 1 aromatic carbocycles. The van der Waals surface area contributed by atoms with Crippen molar-refractivity contribution in [3.8, 4) is 0 Å². The van der Waals surface area contributed by atoms with Crippen LogP contribution >= 0.6 is 0 Å². The van der Waals surface area contributed by atoms with Gasteiger partial charge in [-0.3, -0.25) is 4.79 Å². The number of fused-ring (bicyclic) bond motifs is 1. The van der Waals surface area contributed by atoms with E-state index in [2.05, 4.69) is 42.8 Å². The first-order valence-electron chi connectivity index (χ1n) is 6.76. The summed E-state index contributed by atoms with van der Waals surface area (Å²) in [6.45, 7) is 2.13. The second-order valence-corrected chi connectivity index (χ2v) is 5.41. The van der Waals surface area contributed by atoms with E-state index in [9.17, 15) is 4.79 Å². The molecule has 0 radical (unpaired) electrons. The van der Waals surface area contributed by atoms with E-state index < -0.39 is 0 Å². The molecule has 0 aliphatic heterocycles. The van der Waals surface area contributed by atoms with Gasteiger partial charge in [-0.15, -0.1) is 0 Å². The fourth-order valence-corrected chi connectivity index (χ4v) is 3.27. The highest BCUT2D eigenvalue weighted by molar-refractivity contribution is 5.90. The Morgan fingerprint density at radius 3 is 2.83 bits per heavy atom. The number of hydrogen-bond acceptors (Lipinski definition) is 1. The fourth-order valence-electron chi connectivity index (χ4n) is 3.27. The average Bonchev–Trinajstić information content (AvgIpc) is 2.69. The molecule has 3 rings (SSSR count). The maximum Gasteiger partial charge on any atom is 0.141 e. The Hall–Kier alpha value is -1.57. The van der Waals surface area contributed by atoms with Gasteiger partial charge in [0.1, 0.15) is 5.78 Å². The van der Waals surface area contributed by atoms with E-state index in [1.165, 1.54) is 28.6 Å². The molecule has 0 N–H and O–H groups in total. The zero-order chi connectivity index (χ0) is 12.7. The molecule has 94 valence electrons. The summed E-state index contributed by atoms with van der Waals surface area (Å²) in [7, 11) is 2.09. The summed E-state index contributed by atoms with van der Waals surface area (Å²) < 4.78 is 2.22. The van der Waals surface area contributed by atoms with Crippen LogP contribution in [0.15, 0.2) is 24.3 Å². The monoisotopic (exact) mass is 241 g/mol. The highest BCUT2D eigenvalue weighted by Crippen LogP contribution is 2.33. The predicted octanol–water partition coefficient (Wildman–Crippen LogP) is 3.71. The molecule has 1 aliphatic rings. The molecule has 1 saturated carbocycles. The van der Waals surface area contributed by atoms with Crippen molar-refractivity contribution in [2.24, 2.45) is 7.05 Å². The Morgan fingerprint density at radius 2 is 2.11 bits per heavy atom. The standard InChI is InChI=1S/C16H19NO/c1-11-6-5-7-12-10-14(17(2)16(11)12)13-8-3-4-9-15(13)18/h5-7,10,13H,3-4,8-9H2,1-2H3. The summed E-state index contributed by atoms with van der Waals surface area (Å²) in [4.78, 5) is 12.1. The van der Waals surface area contributed by atoms with Crippen LogP contribution in [0.3, 0.4) is 0 Å². The van der Waals surface area contributed by atoms with Crippen molar-refractivity contribution >= 4 is 16.7 Å². The summed E-state index contributed by atoms with van der Waals surface area (Å²) >= 11 is 0. The van der Waals surface area contributed by atoms with Gasteiger partial charge in [0.25, 0.3) is 0 Å². The maximum atomic E-state index is 12.1. The summed E-state index contributed by atoms with van der Waals surface area (Å²) in [5, 5.41) is 1.26. The van der Waals surface area contributed by atoms with Crippen molar-refractivity contribution in [2.45, 2.75) is 38.5 Å². The van der Waals surface area contributed by atoms with Crippen LogP contribution in [0.2, 0.25) is 0 Å². The maximum absolute atomic E-state index is 12.1. The number of ketones is 1. The van der Waals surface area contributed by atoms with E-state index >= 15 is 0 Å². The number of para-hydroxylation sites is 1. The number of aryl methyl sites for hydroxylation is 2. The van der Waals surface area contributed by atoms with Gasteiger partial charge in [-0.2, -0.15) is 0 Å². The third-order valence-corrected chi connectivity index (χ3v) is 4.21.